The van der Waals surface area contributed by atoms with Gasteiger partial charge in [0.05, 0.1) is 31.3 Å². The quantitative estimate of drug-likeness (QED) is 0.854. The lowest BCUT2D eigenvalue weighted by atomic mass is 10.0. The summed E-state index contributed by atoms with van der Waals surface area (Å²) in [5.41, 5.74) is 0. The number of halogens is 3. The zero-order chi connectivity index (χ0) is 14.9. The molecule has 1 N–H and O–H groups in total. The van der Waals surface area contributed by atoms with Gasteiger partial charge in [-0.2, -0.15) is 0 Å². The van der Waals surface area contributed by atoms with Crippen molar-refractivity contribution in [3.8, 4) is 0 Å². The van der Waals surface area contributed by atoms with Crippen molar-refractivity contribution < 1.29 is 22.7 Å². The molecule has 4 nitrogen and oxygen atoms in total. The van der Waals surface area contributed by atoms with Crippen molar-refractivity contribution in [2.75, 3.05) is 19.6 Å². The molecule has 116 valence electrons. The molecule has 0 bridgehead atoms. The predicted octanol–water partition coefficient (Wildman–Crippen LogP) is 1.35. The first-order chi connectivity index (χ1) is 9.28. The van der Waals surface area contributed by atoms with Crippen LogP contribution < -0.4 is 5.32 Å². The average Bonchev–Trinajstić information content (AvgIpc) is 2.71. The Labute approximate surface area is 116 Å². The summed E-state index contributed by atoms with van der Waals surface area (Å²) in [5, 5.41) is 2.51. The molecule has 2 rings (SSSR count). The van der Waals surface area contributed by atoms with Crippen molar-refractivity contribution in [3.63, 3.8) is 0 Å². The van der Waals surface area contributed by atoms with E-state index in [9.17, 15) is 18.0 Å². The fourth-order valence-corrected chi connectivity index (χ4v) is 2.70. The van der Waals surface area contributed by atoms with Crippen molar-refractivity contribution in [2.24, 2.45) is 0 Å². The molecule has 2 aliphatic heterocycles. The highest BCUT2D eigenvalue weighted by Gasteiger charge is 2.44. The minimum absolute atomic E-state index is 0.0734. The molecule has 0 aromatic carbocycles. The largest absolute Gasteiger partial charge is 0.372 e. The fourth-order valence-electron chi connectivity index (χ4n) is 2.70. The number of hydrogen-bond acceptors (Lipinski definition) is 3. The van der Waals surface area contributed by atoms with Gasteiger partial charge in [0.15, 0.2) is 0 Å². The van der Waals surface area contributed by atoms with Crippen molar-refractivity contribution >= 4 is 5.91 Å². The van der Waals surface area contributed by atoms with E-state index in [1.807, 2.05) is 13.8 Å². The Hall–Kier alpha value is -0.820. The average molecular weight is 294 g/mol. The van der Waals surface area contributed by atoms with Crippen LogP contribution in [0.2, 0.25) is 0 Å². The van der Waals surface area contributed by atoms with Gasteiger partial charge in [0.1, 0.15) is 6.17 Å². The third-order valence-electron chi connectivity index (χ3n) is 3.65. The minimum atomic E-state index is -2.85. The van der Waals surface area contributed by atoms with Crippen molar-refractivity contribution in [3.05, 3.63) is 0 Å². The van der Waals surface area contributed by atoms with E-state index in [2.05, 4.69) is 5.32 Å². The number of rotatable bonds is 3. The normalized spacial score (nSPS) is 33.7. The van der Waals surface area contributed by atoms with Gasteiger partial charge in [-0.15, -0.1) is 0 Å². The van der Waals surface area contributed by atoms with Crippen LogP contribution in [0.3, 0.4) is 0 Å². The van der Waals surface area contributed by atoms with Gasteiger partial charge in [0.2, 0.25) is 5.91 Å². The first-order valence-corrected chi connectivity index (χ1v) is 6.98. The van der Waals surface area contributed by atoms with Crippen molar-refractivity contribution in [1.29, 1.82) is 0 Å². The van der Waals surface area contributed by atoms with E-state index in [1.165, 1.54) is 4.90 Å². The summed E-state index contributed by atoms with van der Waals surface area (Å²) >= 11 is 0. The first kappa shape index (κ1) is 15.6. The van der Waals surface area contributed by atoms with Gasteiger partial charge >= 0.3 is 0 Å². The lowest BCUT2D eigenvalue weighted by molar-refractivity contribution is -0.140. The Morgan fingerprint density at radius 2 is 2.15 bits per heavy atom. The third-order valence-corrected chi connectivity index (χ3v) is 3.65. The number of carbonyl (C=O) groups excluding carboxylic acids is 1. The second-order valence-electron chi connectivity index (χ2n) is 5.81. The Balaban J connectivity index is 1.88. The molecular weight excluding hydrogens is 273 g/mol. The van der Waals surface area contributed by atoms with Gasteiger partial charge in [-0.1, -0.05) is 0 Å². The summed E-state index contributed by atoms with van der Waals surface area (Å²) < 4.78 is 45.6. The van der Waals surface area contributed by atoms with E-state index < -0.39 is 43.1 Å². The van der Waals surface area contributed by atoms with Gasteiger partial charge in [-0.05, 0) is 20.3 Å². The van der Waals surface area contributed by atoms with Crippen LogP contribution in [0, 0.1) is 0 Å². The summed E-state index contributed by atoms with van der Waals surface area (Å²) in [4.78, 5) is 13.4. The molecule has 3 atom stereocenters. The smallest absolute Gasteiger partial charge is 0.262 e. The molecule has 0 spiro atoms. The van der Waals surface area contributed by atoms with Crippen molar-refractivity contribution in [2.45, 2.75) is 57.0 Å². The Morgan fingerprint density at radius 1 is 1.45 bits per heavy atom. The van der Waals surface area contributed by atoms with Gasteiger partial charge in [-0.25, -0.2) is 13.2 Å². The number of hydrogen-bond donors (Lipinski definition) is 1. The zero-order valence-corrected chi connectivity index (χ0v) is 11.7. The monoisotopic (exact) mass is 294 g/mol. The minimum Gasteiger partial charge on any atom is -0.372 e. The number of amides is 1. The first-order valence-electron chi connectivity index (χ1n) is 6.98. The highest BCUT2D eigenvalue weighted by Crippen LogP contribution is 2.27. The maximum atomic E-state index is 14.0. The summed E-state index contributed by atoms with van der Waals surface area (Å²) in [6, 6.07) is -0.903. The number of nitrogens with one attached hydrogen (secondary N) is 1. The molecule has 1 amide bonds. The van der Waals surface area contributed by atoms with E-state index in [1.54, 1.807) is 0 Å². The Bertz CT molecular complexity index is 366. The van der Waals surface area contributed by atoms with Crippen LogP contribution in [0.4, 0.5) is 13.2 Å². The zero-order valence-electron chi connectivity index (χ0n) is 11.7. The Morgan fingerprint density at radius 3 is 2.65 bits per heavy atom. The SMILES string of the molecule is CC(C)O[C@H]1CCN(C(=O)[C@H]2CC(F)(F)CN2)C[C@H]1F. The van der Waals surface area contributed by atoms with Crippen LogP contribution >= 0.6 is 0 Å². The molecule has 2 heterocycles. The standard InChI is InChI=1S/C13H21F3N2O2/c1-8(2)20-11-3-4-18(6-9(11)14)12(19)10-5-13(15,16)7-17-10/h8-11,17H,3-7H2,1-2H3/t9-,10-,11+/m1/s1. The van der Waals surface area contributed by atoms with Gasteiger partial charge < -0.3 is 9.64 Å². The summed E-state index contributed by atoms with van der Waals surface area (Å²) in [6.45, 7) is 3.43. The van der Waals surface area contributed by atoms with E-state index in [0.717, 1.165) is 0 Å². The highest BCUT2D eigenvalue weighted by molar-refractivity contribution is 5.82. The number of piperidine rings is 1. The Kier molecular flexibility index (Phi) is 4.59. The molecule has 0 radical (unpaired) electrons. The lowest BCUT2D eigenvalue weighted by Crippen LogP contribution is -2.53. The summed E-state index contributed by atoms with van der Waals surface area (Å²) in [7, 11) is 0. The molecule has 0 unspecified atom stereocenters. The molecule has 20 heavy (non-hydrogen) atoms. The van der Waals surface area contributed by atoms with E-state index in [-0.39, 0.29) is 12.6 Å². The van der Waals surface area contributed by atoms with E-state index >= 15 is 0 Å². The molecule has 2 aliphatic rings. The van der Waals surface area contributed by atoms with Crippen LogP contribution in [0.25, 0.3) is 0 Å². The fraction of sp³-hybridized carbons (Fsp3) is 0.923. The van der Waals surface area contributed by atoms with Gasteiger partial charge in [0, 0.05) is 13.0 Å². The van der Waals surface area contributed by atoms with Crippen LogP contribution in [-0.4, -0.2) is 60.8 Å². The van der Waals surface area contributed by atoms with Gasteiger partial charge in [-0.3, -0.25) is 10.1 Å². The second kappa shape index (κ2) is 5.89. The van der Waals surface area contributed by atoms with Crippen LogP contribution in [-0.2, 0) is 9.53 Å². The van der Waals surface area contributed by atoms with Crippen molar-refractivity contribution in [1.82, 2.24) is 10.2 Å². The number of nitrogens with zero attached hydrogens (tertiary/aromatic N) is 1. The molecule has 7 heteroatoms. The topological polar surface area (TPSA) is 41.6 Å². The number of alkyl halides is 3. The van der Waals surface area contributed by atoms with Crippen LogP contribution in [0.15, 0.2) is 0 Å². The van der Waals surface area contributed by atoms with E-state index in [0.29, 0.717) is 13.0 Å². The maximum Gasteiger partial charge on any atom is 0.262 e. The third kappa shape index (κ3) is 3.63. The van der Waals surface area contributed by atoms with Crippen LogP contribution in [0.1, 0.15) is 26.7 Å². The molecule has 2 fully saturated rings. The highest BCUT2D eigenvalue weighted by atomic mass is 19.3. The van der Waals surface area contributed by atoms with Gasteiger partial charge in [0.25, 0.3) is 5.92 Å². The summed E-state index contributed by atoms with van der Waals surface area (Å²) in [5.74, 6) is -3.29. The second-order valence-corrected chi connectivity index (χ2v) is 5.81. The lowest BCUT2D eigenvalue weighted by Gasteiger charge is -2.36. The predicted molar refractivity (Wildman–Crippen MR) is 67.5 cm³/mol. The molecule has 0 aliphatic carbocycles. The van der Waals surface area contributed by atoms with Crippen LogP contribution in [0.5, 0.6) is 0 Å². The molecule has 0 saturated carbocycles. The maximum absolute atomic E-state index is 14.0. The molecule has 0 aromatic rings. The molecule has 0 aromatic heterocycles. The van der Waals surface area contributed by atoms with E-state index in [4.69, 9.17) is 4.74 Å². The number of likely N-dealkylation sites (tertiary alicyclic amines) is 1. The molecular formula is C13H21F3N2O2. The summed E-state index contributed by atoms with van der Waals surface area (Å²) in [6.07, 6.45) is -1.97. The number of ether oxygens (including phenoxy) is 1. The molecule has 2 saturated heterocycles. The number of carbonyl (C=O) groups is 1.